The number of fused-ring (bicyclic) bond motifs is 5. The Balaban J connectivity index is 1.93. The molecular formula is C19H13N3. The van der Waals surface area contributed by atoms with Crippen molar-refractivity contribution in [1.82, 2.24) is 15.0 Å². The summed E-state index contributed by atoms with van der Waals surface area (Å²) in [5.74, 6) is 0. The van der Waals surface area contributed by atoms with Crippen molar-refractivity contribution in [2.75, 3.05) is 0 Å². The Labute approximate surface area is 126 Å². The van der Waals surface area contributed by atoms with E-state index in [1.807, 2.05) is 24.5 Å². The number of pyridine rings is 1. The molecule has 3 nitrogen and oxygen atoms in total. The van der Waals surface area contributed by atoms with Gasteiger partial charge in [-0.25, -0.2) is 0 Å². The highest BCUT2D eigenvalue weighted by molar-refractivity contribution is 6.19. The lowest BCUT2D eigenvalue weighted by molar-refractivity contribution is 1.41. The quantitative estimate of drug-likeness (QED) is 0.453. The molecule has 5 aromatic rings. The maximum Gasteiger partial charge on any atom is 0.0965 e. The van der Waals surface area contributed by atoms with E-state index < -0.39 is 0 Å². The third kappa shape index (κ3) is 1.48. The van der Waals surface area contributed by atoms with Crippen LogP contribution < -0.4 is 0 Å². The largest absolute Gasteiger partial charge is 0.359 e. The number of nitrogens with one attached hydrogen (secondary N) is 2. The van der Waals surface area contributed by atoms with Crippen LogP contribution in [0.2, 0.25) is 0 Å². The van der Waals surface area contributed by atoms with Crippen molar-refractivity contribution < 1.29 is 0 Å². The first-order valence-corrected chi connectivity index (χ1v) is 7.34. The van der Waals surface area contributed by atoms with Crippen molar-refractivity contribution >= 4 is 32.8 Å². The fraction of sp³-hybridized carbons (Fsp3) is 0. The monoisotopic (exact) mass is 283 g/mol. The average Bonchev–Trinajstić information content (AvgIpc) is 3.16. The molecule has 5 rings (SSSR count). The van der Waals surface area contributed by atoms with Gasteiger partial charge in [0.25, 0.3) is 0 Å². The van der Waals surface area contributed by atoms with Gasteiger partial charge in [0.05, 0.1) is 22.7 Å². The molecule has 104 valence electrons. The molecule has 0 aliphatic heterocycles. The number of para-hydroxylation sites is 1. The number of aromatic amines is 2. The molecule has 2 aromatic carbocycles. The summed E-state index contributed by atoms with van der Waals surface area (Å²) in [6, 6.07) is 18.7. The first-order valence-electron chi connectivity index (χ1n) is 7.34. The number of aromatic nitrogens is 3. The van der Waals surface area contributed by atoms with E-state index in [1.165, 1.54) is 16.3 Å². The van der Waals surface area contributed by atoms with Crippen molar-refractivity contribution in [2.24, 2.45) is 0 Å². The van der Waals surface area contributed by atoms with E-state index in [2.05, 4.69) is 57.4 Å². The van der Waals surface area contributed by atoms with Crippen LogP contribution in [0.1, 0.15) is 0 Å². The number of hydrogen-bond acceptors (Lipinski definition) is 1. The summed E-state index contributed by atoms with van der Waals surface area (Å²) >= 11 is 0. The topological polar surface area (TPSA) is 44.5 Å². The van der Waals surface area contributed by atoms with Crippen molar-refractivity contribution in [2.45, 2.75) is 0 Å². The van der Waals surface area contributed by atoms with Crippen LogP contribution in [0, 0.1) is 0 Å². The van der Waals surface area contributed by atoms with Gasteiger partial charge < -0.3 is 9.97 Å². The molecule has 0 unspecified atom stereocenters. The molecule has 0 saturated heterocycles. The number of hydrogen-bond donors (Lipinski definition) is 2. The third-order valence-corrected chi connectivity index (χ3v) is 4.25. The van der Waals surface area contributed by atoms with Crippen LogP contribution in [0.5, 0.6) is 0 Å². The zero-order valence-corrected chi connectivity index (χ0v) is 11.8. The van der Waals surface area contributed by atoms with E-state index in [0.717, 1.165) is 27.6 Å². The van der Waals surface area contributed by atoms with E-state index in [-0.39, 0.29) is 0 Å². The van der Waals surface area contributed by atoms with Gasteiger partial charge in [-0.1, -0.05) is 48.5 Å². The average molecular weight is 283 g/mol. The highest BCUT2D eigenvalue weighted by Gasteiger charge is 2.13. The van der Waals surface area contributed by atoms with E-state index in [1.54, 1.807) is 0 Å². The van der Waals surface area contributed by atoms with E-state index >= 15 is 0 Å². The molecule has 0 radical (unpaired) electrons. The fourth-order valence-electron chi connectivity index (χ4n) is 3.24. The molecule has 0 amide bonds. The number of nitrogens with zero attached hydrogens (tertiary/aromatic N) is 1. The Morgan fingerprint density at radius 1 is 0.818 bits per heavy atom. The molecule has 0 atom stereocenters. The summed E-state index contributed by atoms with van der Waals surface area (Å²) in [6.07, 6.45) is 3.98. The second-order valence-electron chi connectivity index (χ2n) is 5.51. The Morgan fingerprint density at radius 2 is 1.64 bits per heavy atom. The van der Waals surface area contributed by atoms with Gasteiger partial charge in [-0.15, -0.1) is 0 Å². The lowest BCUT2D eigenvalue weighted by Gasteiger charge is -1.99. The minimum Gasteiger partial charge on any atom is -0.359 e. The lowest BCUT2D eigenvalue weighted by Crippen LogP contribution is -1.80. The van der Waals surface area contributed by atoms with E-state index in [9.17, 15) is 0 Å². The third-order valence-electron chi connectivity index (χ3n) is 4.25. The first-order chi connectivity index (χ1) is 10.9. The minimum absolute atomic E-state index is 1.02. The highest BCUT2D eigenvalue weighted by Crippen LogP contribution is 2.34. The zero-order valence-electron chi connectivity index (χ0n) is 11.8. The second-order valence-corrected chi connectivity index (χ2v) is 5.51. The normalized spacial score (nSPS) is 11.6. The van der Waals surface area contributed by atoms with Crippen LogP contribution in [-0.4, -0.2) is 15.0 Å². The highest BCUT2D eigenvalue weighted by atomic mass is 14.8. The van der Waals surface area contributed by atoms with Gasteiger partial charge >= 0.3 is 0 Å². The standard InChI is InChI=1S/C19H13N3/c1-2-6-12(7-3-1)14-10-20-19-17-13-8-4-5-9-15(13)22-16(17)11-21-18(14)19/h1-11,20,22H. The molecule has 0 aliphatic rings. The van der Waals surface area contributed by atoms with Gasteiger partial charge in [-0.3, -0.25) is 4.98 Å². The predicted octanol–water partition coefficient (Wildman–Crippen LogP) is 4.86. The summed E-state index contributed by atoms with van der Waals surface area (Å²) in [5, 5.41) is 2.44. The number of H-pyrrole nitrogens is 2. The van der Waals surface area contributed by atoms with Crippen LogP contribution in [0.4, 0.5) is 0 Å². The summed E-state index contributed by atoms with van der Waals surface area (Å²) in [4.78, 5) is 11.5. The van der Waals surface area contributed by atoms with E-state index in [0.29, 0.717) is 0 Å². The second kappa shape index (κ2) is 4.21. The first kappa shape index (κ1) is 11.6. The minimum atomic E-state index is 1.02. The SMILES string of the molecule is c1ccc(-c2c[nH]c3c2ncc2[nH]c4ccccc4c23)cc1. The Hall–Kier alpha value is -3.07. The van der Waals surface area contributed by atoms with Crippen LogP contribution >= 0.6 is 0 Å². The van der Waals surface area contributed by atoms with Crippen molar-refractivity contribution in [3.8, 4) is 11.1 Å². The Kier molecular flexibility index (Phi) is 2.22. The Bertz CT molecular complexity index is 1120. The van der Waals surface area contributed by atoms with Crippen molar-refractivity contribution in [1.29, 1.82) is 0 Å². The smallest absolute Gasteiger partial charge is 0.0965 e. The van der Waals surface area contributed by atoms with Crippen molar-refractivity contribution in [3.05, 3.63) is 67.0 Å². The van der Waals surface area contributed by atoms with Crippen LogP contribution in [0.3, 0.4) is 0 Å². The van der Waals surface area contributed by atoms with Crippen LogP contribution in [0.15, 0.2) is 67.0 Å². The van der Waals surface area contributed by atoms with Gasteiger partial charge in [-0.2, -0.15) is 0 Å². The van der Waals surface area contributed by atoms with Gasteiger partial charge in [0.2, 0.25) is 0 Å². The number of benzene rings is 2. The molecule has 0 spiro atoms. The lowest BCUT2D eigenvalue weighted by atomic mass is 10.1. The molecule has 22 heavy (non-hydrogen) atoms. The maximum atomic E-state index is 4.68. The van der Waals surface area contributed by atoms with Crippen LogP contribution in [0.25, 0.3) is 44.0 Å². The Morgan fingerprint density at radius 3 is 2.55 bits per heavy atom. The molecule has 3 heterocycles. The molecular weight excluding hydrogens is 270 g/mol. The number of rotatable bonds is 1. The van der Waals surface area contributed by atoms with Gasteiger partial charge in [-0.05, 0) is 11.6 Å². The molecule has 0 saturated carbocycles. The summed E-state index contributed by atoms with van der Waals surface area (Å²) < 4.78 is 0. The van der Waals surface area contributed by atoms with Gasteiger partial charge in [0.15, 0.2) is 0 Å². The molecule has 0 aliphatic carbocycles. The molecule has 0 fully saturated rings. The fourth-order valence-corrected chi connectivity index (χ4v) is 3.24. The molecule has 2 N–H and O–H groups in total. The van der Waals surface area contributed by atoms with Gasteiger partial charge in [0.1, 0.15) is 0 Å². The summed E-state index contributed by atoms with van der Waals surface area (Å²) in [5.41, 5.74) is 6.64. The molecule has 3 aromatic heterocycles. The van der Waals surface area contributed by atoms with Gasteiger partial charge in [0, 0.05) is 28.0 Å². The predicted molar refractivity (Wildman–Crippen MR) is 90.9 cm³/mol. The van der Waals surface area contributed by atoms with Crippen LogP contribution in [-0.2, 0) is 0 Å². The maximum absolute atomic E-state index is 4.68. The molecule has 3 heteroatoms. The zero-order chi connectivity index (χ0) is 14.5. The van der Waals surface area contributed by atoms with Crippen molar-refractivity contribution in [3.63, 3.8) is 0 Å². The molecule has 0 bridgehead atoms. The van der Waals surface area contributed by atoms with E-state index in [4.69, 9.17) is 0 Å². The summed E-state index contributed by atoms with van der Waals surface area (Å²) in [7, 11) is 0. The summed E-state index contributed by atoms with van der Waals surface area (Å²) in [6.45, 7) is 0.